The molecule has 140 valence electrons. The Kier molecular flexibility index (Phi) is 3.77. The summed E-state index contributed by atoms with van der Waals surface area (Å²) in [5.41, 5.74) is 2.52. The Morgan fingerprint density at radius 2 is 1.78 bits per heavy atom. The molecule has 2 bridgehead atoms. The van der Waals surface area contributed by atoms with Gasteiger partial charge in [-0.05, 0) is 80.7 Å². The van der Waals surface area contributed by atoms with Crippen molar-refractivity contribution in [1.29, 1.82) is 0 Å². The van der Waals surface area contributed by atoms with Gasteiger partial charge in [0.1, 0.15) is 11.6 Å². The first-order valence-corrected chi connectivity index (χ1v) is 10.1. The van der Waals surface area contributed by atoms with Crippen LogP contribution in [0.1, 0.15) is 56.8 Å². The normalized spacial score (nSPS) is 27.2. The summed E-state index contributed by atoms with van der Waals surface area (Å²) in [5.74, 6) is 2.53. The number of hydrogen-bond acceptors (Lipinski definition) is 3. The van der Waals surface area contributed by atoms with Crippen LogP contribution in [0.25, 0.3) is 5.65 Å². The van der Waals surface area contributed by atoms with Crippen LogP contribution in [0.4, 0.5) is 0 Å². The van der Waals surface area contributed by atoms with Gasteiger partial charge < -0.3 is 4.74 Å². The van der Waals surface area contributed by atoms with Crippen molar-refractivity contribution in [3.8, 4) is 11.5 Å². The minimum atomic E-state index is 0.170. The number of aryl methyl sites for hydroxylation is 1. The maximum absolute atomic E-state index is 6.24. The van der Waals surface area contributed by atoms with Crippen LogP contribution in [0.5, 0.6) is 11.5 Å². The van der Waals surface area contributed by atoms with Crippen LogP contribution >= 0.6 is 11.6 Å². The zero-order valence-electron chi connectivity index (χ0n) is 15.8. The van der Waals surface area contributed by atoms with E-state index in [-0.39, 0.29) is 5.41 Å². The number of hydrogen-bond donors (Lipinski definition) is 0. The van der Waals surface area contributed by atoms with Crippen molar-refractivity contribution in [2.24, 2.45) is 5.41 Å². The predicted octanol–water partition coefficient (Wildman–Crippen LogP) is 6.10. The van der Waals surface area contributed by atoms with Crippen LogP contribution in [-0.4, -0.2) is 14.6 Å². The van der Waals surface area contributed by atoms with Crippen molar-refractivity contribution in [2.75, 3.05) is 0 Å². The Balaban J connectivity index is 1.53. The topological polar surface area (TPSA) is 39.4 Å². The van der Waals surface area contributed by atoms with Crippen LogP contribution in [-0.2, 0) is 5.41 Å². The van der Waals surface area contributed by atoms with E-state index in [0.717, 1.165) is 17.0 Å². The minimum absolute atomic E-state index is 0.170. The largest absolute Gasteiger partial charge is 0.453 e. The first-order valence-electron chi connectivity index (χ1n) is 9.76. The summed E-state index contributed by atoms with van der Waals surface area (Å²) in [7, 11) is 0. The molecule has 0 aliphatic heterocycles. The second-order valence-corrected chi connectivity index (χ2v) is 9.10. The summed E-state index contributed by atoms with van der Waals surface area (Å²) < 4.78 is 8.25. The Morgan fingerprint density at radius 3 is 2.48 bits per heavy atom. The Hall–Kier alpha value is -2.07. The van der Waals surface area contributed by atoms with E-state index in [1.54, 1.807) is 0 Å². The standard InChI is InChI=1S/C22H24ClN3O/c1-15-5-6-16(14-17(15)23)27-18-4-3-13-26-19(18)24-25-20(26)22-10-7-21(2,8-11-22)9-12-22/h3-6,13-14H,7-12H2,1-2H3. The first-order chi connectivity index (χ1) is 13.0. The highest BCUT2D eigenvalue weighted by Crippen LogP contribution is 2.57. The number of benzene rings is 1. The molecule has 0 unspecified atom stereocenters. The first kappa shape index (κ1) is 17.1. The van der Waals surface area contributed by atoms with Gasteiger partial charge in [0, 0.05) is 16.6 Å². The molecule has 2 heterocycles. The van der Waals surface area contributed by atoms with Gasteiger partial charge in [0.05, 0.1) is 0 Å². The molecule has 3 aliphatic carbocycles. The molecule has 6 rings (SSSR count). The van der Waals surface area contributed by atoms with E-state index in [4.69, 9.17) is 16.3 Å². The van der Waals surface area contributed by atoms with Crippen molar-refractivity contribution in [1.82, 2.24) is 14.6 Å². The molecule has 3 fully saturated rings. The Labute approximate surface area is 164 Å². The smallest absolute Gasteiger partial charge is 0.203 e. The van der Waals surface area contributed by atoms with Gasteiger partial charge in [-0.25, -0.2) is 0 Å². The molecule has 0 atom stereocenters. The molecular weight excluding hydrogens is 358 g/mol. The molecule has 0 radical (unpaired) electrons. The molecule has 0 spiro atoms. The lowest BCUT2D eigenvalue weighted by Gasteiger charge is -2.51. The highest BCUT2D eigenvalue weighted by molar-refractivity contribution is 6.31. The number of rotatable bonds is 3. The molecule has 27 heavy (non-hydrogen) atoms. The molecule has 3 saturated carbocycles. The second-order valence-electron chi connectivity index (χ2n) is 8.69. The molecule has 3 aromatic rings. The average molecular weight is 382 g/mol. The van der Waals surface area contributed by atoms with Gasteiger partial charge in [-0.1, -0.05) is 24.6 Å². The summed E-state index contributed by atoms with van der Waals surface area (Å²) in [6, 6.07) is 9.70. The van der Waals surface area contributed by atoms with E-state index in [1.165, 1.54) is 38.5 Å². The number of halogens is 1. The number of pyridine rings is 1. The highest BCUT2D eigenvalue weighted by atomic mass is 35.5. The maximum atomic E-state index is 6.24. The predicted molar refractivity (Wildman–Crippen MR) is 107 cm³/mol. The maximum Gasteiger partial charge on any atom is 0.203 e. The Bertz CT molecular complexity index is 1000. The molecule has 1 aromatic carbocycles. The van der Waals surface area contributed by atoms with Crippen LogP contribution in [0.3, 0.4) is 0 Å². The monoisotopic (exact) mass is 381 g/mol. The van der Waals surface area contributed by atoms with Gasteiger partial charge in [0.25, 0.3) is 0 Å². The van der Waals surface area contributed by atoms with Gasteiger partial charge in [0.2, 0.25) is 5.65 Å². The van der Waals surface area contributed by atoms with E-state index in [0.29, 0.717) is 21.9 Å². The van der Waals surface area contributed by atoms with E-state index in [2.05, 4.69) is 27.7 Å². The zero-order chi connectivity index (χ0) is 18.6. The van der Waals surface area contributed by atoms with Gasteiger partial charge in [-0.15, -0.1) is 10.2 Å². The van der Waals surface area contributed by atoms with Gasteiger partial charge >= 0.3 is 0 Å². The fraction of sp³-hybridized carbons (Fsp3) is 0.455. The van der Waals surface area contributed by atoms with Crippen molar-refractivity contribution in [3.05, 3.63) is 52.9 Å². The van der Waals surface area contributed by atoms with Crippen molar-refractivity contribution in [2.45, 2.75) is 57.8 Å². The summed E-state index contributed by atoms with van der Waals surface area (Å²) >= 11 is 6.24. The zero-order valence-corrected chi connectivity index (χ0v) is 16.6. The molecule has 0 saturated heterocycles. The van der Waals surface area contributed by atoms with E-state index in [9.17, 15) is 0 Å². The van der Waals surface area contributed by atoms with Crippen LogP contribution in [0, 0.1) is 12.3 Å². The fourth-order valence-corrected chi connectivity index (χ4v) is 4.98. The number of aromatic nitrogens is 3. The van der Waals surface area contributed by atoms with Gasteiger partial charge in [-0.3, -0.25) is 4.40 Å². The molecule has 0 N–H and O–H groups in total. The van der Waals surface area contributed by atoms with E-state index in [1.807, 2.05) is 37.3 Å². The summed E-state index contributed by atoms with van der Waals surface area (Å²) in [6.07, 6.45) is 9.57. The van der Waals surface area contributed by atoms with Crippen molar-refractivity contribution < 1.29 is 4.74 Å². The number of ether oxygens (including phenoxy) is 1. The molecule has 4 nitrogen and oxygen atoms in total. The van der Waals surface area contributed by atoms with Crippen LogP contribution in [0.2, 0.25) is 5.02 Å². The lowest BCUT2D eigenvalue weighted by atomic mass is 9.54. The molecular formula is C22H24ClN3O. The number of fused-ring (bicyclic) bond motifs is 4. The Morgan fingerprint density at radius 1 is 1.04 bits per heavy atom. The third-order valence-electron chi connectivity index (χ3n) is 6.87. The third-order valence-corrected chi connectivity index (χ3v) is 7.27. The number of nitrogens with zero attached hydrogens (tertiary/aromatic N) is 3. The highest BCUT2D eigenvalue weighted by Gasteiger charge is 2.49. The third kappa shape index (κ3) is 2.73. The van der Waals surface area contributed by atoms with Crippen molar-refractivity contribution in [3.63, 3.8) is 0 Å². The van der Waals surface area contributed by atoms with E-state index >= 15 is 0 Å². The summed E-state index contributed by atoms with van der Waals surface area (Å²) in [6.45, 7) is 4.42. The molecule has 2 aromatic heterocycles. The van der Waals surface area contributed by atoms with Gasteiger partial charge in [0.15, 0.2) is 5.75 Å². The lowest BCUT2D eigenvalue weighted by Crippen LogP contribution is -2.43. The second kappa shape index (κ2) is 5.96. The summed E-state index contributed by atoms with van der Waals surface area (Å²) in [4.78, 5) is 0. The van der Waals surface area contributed by atoms with Crippen LogP contribution < -0.4 is 4.74 Å². The lowest BCUT2D eigenvalue weighted by molar-refractivity contribution is 0.0501. The quantitative estimate of drug-likeness (QED) is 0.550. The van der Waals surface area contributed by atoms with E-state index < -0.39 is 0 Å². The SMILES string of the molecule is Cc1ccc(Oc2cccn3c(C45CCC(C)(CC4)CC5)nnc23)cc1Cl. The van der Waals surface area contributed by atoms with Crippen LogP contribution in [0.15, 0.2) is 36.5 Å². The molecule has 5 heteroatoms. The average Bonchev–Trinajstić information content (AvgIpc) is 3.12. The molecule has 3 aliphatic rings. The fourth-order valence-electron chi connectivity index (χ4n) is 4.81. The van der Waals surface area contributed by atoms with Gasteiger partial charge in [-0.2, -0.15) is 0 Å². The minimum Gasteiger partial charge on any atom is -0.453 e. The summed E-state index contributed by atoms with van der Waals surface area (Å²) in [5, 5.41) is 9.86. The molecule has 0 amide bonds. The van der Waals surface area contributed by atoms with Crippen molar-refractivity contribution >= 4 is 17.2 Å².